The highest BCUT2D eigenvalue weighted by Gasteiger charge is 2.24. The molecule has 0 saturated carbocycles. The van der Waals surface area contributed by atoms with Crippen LogP contribution >= 0.6 is 0 Å². The molecule has 0 radical (unpaired) electrons. The quantitative estimate of drug-likeness (QED) is 0.568. The molecule has 3 aromatic rings. The van der Waals surface area contributed by atoms with Gasteiger partial charge in [0.1, 0.15) is 29.1 Å². The zero-order valence-corrected chi connectivity index (χ0v) is 17.0. The molecule has 3 N–H and O–H groups in total. The van der Waals surface area contributed by atoms with Crippen molar-refractivity contribution in [1.29, 1.82) is 5.26 Å². The van der Waals surface area contributed by atoms with E-state index in [2.05, 4.69) is 31.7 Å². The minimum atomic E-state index is -0.693. The number of methoxy groups -OCH3 is 1. The highest BCUT2D eigenvalue weighted by atomic mass is 19.1. The highest BCUT2D eigenvalue weighted by molar-refractivity contribution is 5.96. The van der Waals surface area contributed by atoms with Gasteiger partial charge in [0.25, 0.3) is 5.91 Å². The second-order valence-electron chi connectivity index (χ2n) is 6.75. The lowest BCUT2D eigenvalue weighted by molar-refractivity contribution is 0.0299. The third-order valence-corrected chi connectivity index (χ3v) is 4.95. The Labute approximate surface area is 177 Å². The number of H-pyrrole nitrogens is 1. The van der Waals surface area contributed by atoms with Crippen LogP contribution in [0.3, 0.4) is 0 Å². The average molecular weight is 425 g/mol. The minimum absolute atomic E-state index is 0.0837. The largest absolute Gasteiger partial charge is 0.495 e. The standard InChI is InChI=1S/C20H20FN7O3/c1-23-17-16-11(9-22)10-24-18(16)27-20(26-17)25-14-8-13(21)12(7-15(14)30-2)19(29)28-3-5-31-6-4-28/h7-8,10H,3-6H2,1-2H3,(H3,23,24,25,26,27). The molecule has 1 aliphatic heterocycles. The van der Waals surface area contributed by atoms with Gasteiger partial charge in [-0.15, -0.1) is 0 Å². The molecular formula is C20H20FN7O3. The SMILES string of the molecule is CNc1nc(Nc2cc(F)c(C(=O)N3CCOCC3)cc2OC)nc2[nH]cc(C#N)c12. The number of aromatic nitrogens is 3. The number of halogens is 1. The Balaban J connectivity index is 1.68. The summed E-state index contributed by atoms with van der Waals surface area (Å²) in [5, 5.41) is 15.7. The molecule has 4 rings (SSSR count). The van der Waals surface area contributed by atoms with Gasteiger partial charge in [0.2, 0.25) is 5.95 Å². The van der Waals surface area contributed by atoms with Crippen molar-refractivity contribution in [3.05, 3.63) is 35.3 Å². The Kier molecular flexibility index (Phi) is 5.55. The van der Waals surface area contributed by atoms with Crippen molar-refractivity contribution in [2.75, 3.05) is 51.1 Å². The van der Waals surface area contributed by atoms with Crippen LogP contribution in [-0.4, -0.2) is 66.2 Å². The Hall–Kier alpha value is -3.91. The van der Waals surface area contributed by atoms with Gasteiger partial charge in [-0.05, 0) is 6.07 Å². The molecule has 1 amide bonds. The number of benzene rings is 1. The Morgan fingerprint density at radius 3 is 2.81 bits per heavy atom. The molecule has 0 spiro atoms. The van der Waals surface area contributed by atoms with Crippen LogP contribution in [0.25, 0.3) is 11.0 Å². The summed E-state index contributed by atoms with van der Waals surface area (Å²) in [5.74, 6) is -0.258. The topological polar surface area (TPSA) is 128 Å². The van der Waals surface area contributed by atoms with Crippen molar-refractivity contribution in [1.82, 2.24) is 19.9 Å². The fourth-order valence-corrected chi connectivity index (χ4v) is 3.40. The van der Waals surface area contributed by atoms with E-state index in [9.17, 15) is 14.4 Å². The second-order valence-corrected chi connectivity index (χ2v) is 6.75. The van der Waals surface area contributed by atoms with E-state index < -0.39 is 11.7 Å². The number of aromatic amines is 1. The predicted molar refractivity (Wildman–Crippen MR) is 111 cm³/mol. The number of fused-ring (bicyclic) bond motifs is 1. The van der Waals surface area contributed by atoms with E-state index in [1.165, 1.54) is 25.4 Å². The Bertz CT molecular complexity index is 1180. The summed E-state index contributed by atoms with van der Waals surface area (Å²) < 4.78 is 25.5. The van der Waals surface area contributed by atoms with Crippen LogP contribution in [0.1, 0.15) is 15.9 Å². The van der Waals surface area contributed by atoms with Gasteiger partial charge in [-0.25, -0.2) is 4.39 Å². The molecule has 1 fully saturated rings. The van der Waals surface area contributed by atoms with E-state index >= 15 is 0 Å². The fourth-order valence-electron chi connectivity index (χ4n) is 3.40. The highest BCUT2D eigenvalue weighted by Crippen LogP contribution is 2.32. The molecule has 1 aromatic carbocycles. The zero-order chi connectivity index (χ0) is 22.0. The van der Waals surface area contributed by atoms with Gasteiger partial charge in [0.05, 0.1) is 42.5 Å². The predicted octanol–water partition coefficient (Wildman–Crippen LogP) is 2.23. The number of hydrogen-bond donors (Lipinski definition) is 3. The van der Waals surface area contributed by atoms with Crippen molar-refractivity contribution in [2.45, 2.75) is 0 Å². The third-order valence-electron chi connectivity index (χ3n) is 4.95. The number of nitrogens with zero attached hydrogens (tertiary/aromatic N) is 4. The van der Waals surface area contributed by atoms with Gasteiger partial charge in [-0.1, -0.05) is 0 Å². The average Bonchev–Trinajstić information content (AvgIpc) is 3.22. The molecule has 11 heteroatoms. The lowest BCUT2D eigenvalue weighted by Crippen LogP contribution is -2.41. The molecule has 2 aromatic heterocycles. The molecule has 3 heterocycles. The minimum Gasteiger partial charge on any atom is -0.495 e. The van der Waals surface area contributed by atoms with Crippen LogP contribution in [0.15, 0.2) is 18.3 Å². The van der Waals surface area contributed by atoms with E-state index in [0.717, 1.165) is 0 Å². The molecule has 160 valence electrons. The maximum Gasteiger partial charge on any atom is 0.257 e. The van der Waals surface area contributed by atoms with Crippen LogP contribution in [0, 0.1) is 17.1 Å². The smallest absolute Gasteiger partial charge is 0.257 e. The Morgan fingerprint density at radius 1 is 1.35 bits per heavy atom. The molecule has 0 unspecified atom stereocenters. The summed E-state index contributed by atoms with van der Waals surface area (Å²) >= 11 is 0. The third kappa shape index (κ3) is 3.80. The number of nitriles is 1. The van der Waals surface area contributed by atoms with Crippen molar-refractivity contribution in [3.8, 4) is 11.8 Å². The van der Waals surface area contributed by atoms with Crippen LogP contribution in [0.2, 0.25) is 0 Å². The van der Waals surface area contributed by atoms with Crippen LogP contribution in [0.5, 0.6) is 5.75 Å². The van der Waals surface area contributed by atoms with E-state index in [-0.39, 0.29) is 22.9 Å². The maximum atomic E-state index is 14.9. The summed E-state index contributed by atoms with van der Waals surface area (Å²) in [7, 11) is 3.10. The van der Waals surface area contributed by atoms with Gasteiger partial charge < -0.3 is 30.0 Å². The monoisotopic (exact) mass is 425 g/mol. The number of carbonyl (C=O) groups is 1. The van der Waals surface area contributed by atoms with Crippen molar-refractivity contribution in [3.63, 3.8) is 0 Å². The van der Waals surface area contributed by atoms with E-state index in [0.29, 0.717) is 48.7 Å². The summed E-state index contributed by atoms with van der Waals surface area (Å²) in [6.45, 7) is 1.65. The first-order valence-corrected chi connectivity index (χ1v) is 9.54. The van der Waals surface area contributed by atoms with E-state index in [1.807, 2.05) is 0 Å². The summed E-state index contributed by atoms with van der Waals surface area (Å²) in [6.07, 6.45) is 1.54. The normalized spacial score (nSPS) is 13.7. The molecule has 1 aliphatic rings. The summed E-state index contributed by atoms with van der Waals surface area (Å²) in [5.41, 5.74) is 1.02. The number of amides is 1. The van der Waals surface area contributed by atoms with Gasteiger partial charge >= 0.3 is 0 Å². The number of carbonyl (C=O) groups excluding carboxylic acids is 1. The zero-order valence-electron chi connectivity index (χ0n) is 17.0. The van der Waals surface area contributed by atoms with Gasteiger partial charge in [-0.2, -0.15) is 15.2 Å². The van der Waals surface area contributed by atoms with Crippen LogP contribution < -0.4 is 15.4 Å². The van der Waals surface area contributed by atoms with Crippen LogP contribution in [-0.2, 0) is 4.74 Å². The molecular weight excluding hydrogens is 405 g/mol. The van der Waals surface area contributed by atoms with Crippen molar-refractivity contribution in [2.24, 2.45) is 0 Å². The second kappa shape index (κ2) is 8.45. The first kappa shape index (κ1) is 20.4. The van der Waals surface area contributed by atoms with Crippen LogP contribution in [0.4, 0.5) is 21.8 Å². The van der Waals surface area contributed by atoms with Crippen molar-refractivity contribution < 1.29 is 18.7 Å². The maximum absolute atomic E-state index is 14.9. The number of ether oxygens (including phenoxy) is 2. The number of rotatable bonds is 5. The number of nitrogens with one attached hydrogen (secondary N) is 3. The van der Waals surface area contributed by atoms with Gasteiger partial charge in [0.15, 0.2) is 0 Å². The lowest BCUT2D eigenvalue weighted by atomic mass is 10.1. The number of anilines is 3. The lowest BCUT2D eigenvalue weighted by Gasteiger charge is -2.27. The van der Waals surface area contributed by atoms with E-state index in [1.54, 1.807) is 11.9 Å². The summed E-state index contributed by atoms with van der Waals surface area (Å²) in [6, 6.07) is 4.61. The molecule has 0 aliphatic carbocycles. The fraction of sp³-hybridized carbons (Fsp3) is 0.300. The summed E-state index contributed by atoms with van der Waals surface area (Å²) in [4.78, 5) is 25.9. The van der Waals surface area contributed by atoms with Crippen molar-refractivity contribution >= 4 is 34.4 Å². The number of hydrogen-bond acceptors (Lipinski definition) is 8. The molecule has 0 atom stereocenters. The Morgan fingerprint density at radius 2 is 2.13 bits per heavy atom. The molecule has 1 saturated heterocycles. The van der Waals surface area contributed by atoms with Gasteiger partial charge in [0, 0.05) is 32.4 Å². The molecule has 31 heavy (non-hydrogen) atoms. The molecule has 10 nitrogen and oxygen atoms in total. The van der Waals surface area contributed by atoms with Gasteiger partial charge in [-0.3, -0.25) is 4.79 Å². The van der Waals surface area contributed by atoms with E-state index in [4.69, 9.17) is 9.47 Å². The number of morpholine rings is 1. The first-order chi connectivity index (χ1) is 15.0. The molecule has 0 bridgehead atoms. The first-order valence-electron chi connectivity index (χ1n) is 9.54.